The Morgan fingerprint density at radius 1 is 1.38 bits per heavy atom. The molecule has 1 aromatic heterocycles. The number of aromatic amines is 1. The van der Waals surface area contributed by atoms with E-state index in [4.69, 9.17) is 0 Å². The smallest absolute Gasteiger partial charge is 0.0490 e. The van der Waals surface area contributed by atoms with Gasteiger partial charge in [-0.05, 0) is 25.5 Å². The van der Waals surface area contributed by atoms with Gasteiger partial charge in [0, 0.05) is 24.4 Å². The molecule has 0 radical (unpaired) electrons. The van der Waals surface area contributed by atoms with Crippen molar-refractivity contribution < 1.29 is 0 Å². The zero-order chi connectivity index (χ0) is 8.93. The van der Waals surface area contributed by atoms with Crippen molar-refractivity contribution in [3.63, 3.8) is 0 Å². The third kappa shape index (κ3) is 2.56. The summed E-state index contributed by atoms with van der Waals surface area (Å²) in [5.41, 5.74) is 1.25. The van der Waals surface area contributed by atoms with Crippen molar-refractivity contribution in [2.45, 2.75) is 38.1 Å². The summed E-state index contributed by atoms with van der Waals surface area (Å²) in [6, 6.07) is 2.72. The molecule has 0 saturated carbocycles. The van der Waals surface area contributed by atoms with Crippen LogP contribution in [0.25, 0.3) is 0 Å². The molecule has 1 aliphatic heterocycles. The summed E-state index contributed by atoms with van der Waals surface area (Å²) in [7, 11) is 0. The first-order valence-corrected chi connectivity index (χ1v) is 5.17. The van der Waals surface area contributed by atoms with Gasteiger partial charge in [-0.25, -0.2) is 0 Å². The summed E-state index contributed by atoms with van der Waals surface area (Å²) < 4.78 is 0. The minimum Gasteiger partial charge on any atom is -0.314 e. The van der Waals surface area contributed by atoms with Crippen LogP contribution in [0, 0.1) is 0 Å². The third-order valence-electron chi connectivity index (χ3n) is 2.69. The second-order valence-electron chi connectivity index (χ2n) is 3.79. The second-order valence-corrected chi connectivity index (χ2v) is 3.79. The van der Waals surface area contributed by atoms with Crippen molar-refractivity contribution in [2.75, 3.05) is 6.54 Å². The van der Waals surface area contributed by atoms with Gasteiger partial charge in [0.2, 0.25) is 0 Å². The molecule has 2 rings (SSSR count). The molecule has 1 unspecified atom stereocenters. The van der Waals surface area contributed by atoms with Gasteiger partial charge in [-0.15, -0.1) is 0 Å². The minimum absolute atomic E-state index is 0.656. The van der Waals surface area contributed by atoms with Crippen LogP contribution in [0.5, 0.6) is 0 Å². The molecule has 3 heteroatoms. The van der Waals surface area contributed by atoms with Gasteiger partial charge >= 0.3 is 0 Å². The Morgan fingerprint density at radius 3 is 3.23 bits per heavy atom. The predicted molar refractivity (Wildman–Crippen MR) is 52.6 cm³/mol. The maximum Gasteiger partial charge on any atom is 0.0490 e. The Morgan fingerprint density at radius 2 is 2.38 bits per heavy atom. The van der Waals surface area contributed by atoms with Gasteiger partial charge < -0.3 is 5.32 Å². The fraction of sp³-hybridized carbons (Fsp3) is 0.700. The molecule has 1 saturated heterocycles. The zero-order valence-electron chi connectivity index (χ0n) is 7.92. The van der Waals surface area contributed by atoms with Gasteiger partial charge in [0.05, 0.1) is 0 Å². The fourth-order valence-corrected chi connectivity index (χ4v) is 1.94. The van der Waals surface area contributed by atoms with Crippen molar-refractivity contribution in [3.8, 4) is 0 Å². The number of rotatable bonds is 2. The second kappa shape index (κ2) is 4.42. The molecule has 0 aromatic carbocycles. The lowest BCUT2D eigenvalue weighted by Gasteiger charge is -2.13. The molecule has 0 aliphatic carbocycles. The van der Waals surface area contributed by atoms with Gasteiger partial charge in [0.25, 0.3) is 0 Å². The third-order valence-corrected chi connectivity index (χ3v) is 2.69. The van der Waals surface area contributed by atoms with Crippen LogP contribution in [-0.4, -0.2) is 22.8 Å². The summed E-state index contributed by atoms with van der Waals surface area (Å²) in [5, 5.41) is 10.5. The van der Waals surface area contributed by atoms with Crippen molar-refractivity contribution in [2.24, 2.45) is 0 Å². The average Bonchev–Trinajstić information content (AvgIpc) is 2.49. The molecule has 1 atom stereocenters. The van der Waals surface area contributed by atoms with E-state index >= 15 is 0 Å². The average molecular weight is 179 g/mol. The predicted octanol–water partition coefficient (Wildman–Crippen LogP) is 1.48. The molecule has 1 aromatic rings. The fourth-order valence-electron chi connectivity index (χ4n) is 1.94. The maximum absolute atomic E-state index is 3.96. The molecule has 0 spiro atoms. The first-order valence-electron chi connectivity index (χ1n) is 5.17. The molecule has 72 valence electrons. The Balaban J connectivity index is 1.86. The molecule has 1 aliphatic rings. The molecular formula is C10H17N3. The summed E-state index contributed by atoms with van der Waals surface area (Å²) in [6.07, 6.45) is 8.31. The highest BCUT2D eigenvalue weighted by molar-refractivity contribution is 5.00. The van der Waals surface area contributed by atoms with Gasteiger partial charge in [-0.1, -0.05) is 12.8 Å². The van der Waals surface area contributed by atoms with Crippen LogP contribution >= 0.6 is 0 Å². The number of hydrogen-bond acceptors (Lipinski definition) is 2. The van der Waals surface area contributed by atoms with E-state index in [0.717, 1.165) is 6.42 Å². The quantitative estimate of drug-likeness (QED) is 0.722. The Labute approximate surface area is 78.9 Å². The summed E-state index contributed by atoms with van der Waals surface area (Å²) in [6.45, 7) is 1.18. The molecular weight excluding hydrogens is 162 g/mol. The first-order chi connectivity index (χ1) is 6.45. The molecule has 1 fully saturated rings. The minimum atomic E-state index is 0.656. The van der Waals surface area contributed by atoms with E-state index in [-0.39, 0.29) is 0 Å². The summed E-state index contributed by atoms with van der Waals surface area (Å²) in [5.74, 6) is 0. The van der Waals surface area contributed by atoms with Crippen LogP contribution in [-0.2, 0) is 6.42 Å². The maximum atomic E-state index is 3.96. The van der Waals surface area contributed by atoms with Gasteiger partial charge in [0.15, 0.2) is 0 Å². The molecule has 0 bridgehead atoms. The molecule has 0 amide bonds. The van der Waals surface area contributed by atoms with Crippen LogP contribution in [0.4, 0.5) is 0 Å². The van der Waals surface area contributed by atoms with Crippen molar-refractivity contribution >= 4 is 0 Å². The number of nitrogens with zero attached hydrogens (tertiary/aromatic N) is 1. The van der Waals surface area contributed by atoms with E-state index in [1.807, 2.05) is 6.20 Å². The summed E-state index contributed by atoms with van der Waals surface area (Å²) in [4.78, 5) is 0. The van der Waals surface area contributed by atoms with Crippen LogP contribution in [0.15, 0.2) is 12.3 Å². The summed E-state index contributed by atoms with van der Waals surface area (Å²) >= 11 is 0. The van der Waals surface area contributed by atoms with Gasteiger partial charge in [-0.3, -0.25) is 5.10 Å². The lowest BCUT2D eigenvalue weighted by Crippen LogP contribution is -2.30. The van der Waals surface area contributed by atoms with E-state index in [9.17, 15) is 0 Å². The molecule has 2 heterocycles. The number of aromatic nitrogens is 2. The van der Waals surface area contributed by atoms with Crippen molar-refractivity contribution in [1.82, 2.24) is 15.5 Å². The van der Waals surface area contributed by atoms with E-state index in [2.05, 4.69) is 21.6 Å². The van der Waals surface area contributed by atoms with Crippen LogP contribution < -0.4 is 5.32 Å². The highest BCUT2D eigenvalue weighted by Gasteiger charge is 2.11. The highest BCUT2D eigenvalue weighted by atomic mass is 15.1. The van der Waals surface area contributed by atoms with Gasteiger partial charge in [-0.2, -0.15) is 5.10 Å². The SMILES string of the molecule is c1cc(CC2CCCCCN2)[nH]n1. The largest absolute Gasteiger partial charge is 0.314 e. The standard InChI is InChI=1S/C10H17N3/c1-2-4-9(11-6-3-1)8-10-5-7-12-13-10/h5,7,9,11H,1-4,6,8H2,(H,12,13). The van der Waals surface area contributed by atoms with E-state index in [1.54, 1.807) is 0 Å². The van der Waals surface area contributed by atoms with E-state index < -0.39 is 0 Å². The Kier molecular flexibility index (Phi) is 2.98. The topological polar surface area (TPSA) is 40.7 Å². The Bertz CT molecular complexity index is 222. The van der Waals surface area contributed by atoms with Gasteiger partial charge in [0.1, 0.15) is 0 Å². The first kappa shape index (κ1) is 8.75. The highest BCUT2D eigenvalue weighted by Crippen LogP contribution is 2.11. The Hall–Kier alpha value is -0.830. The van der Waals surface area contributed by atoms with Crippen LogP contribution in [0.2, 0.25) is 0 Å². The lowest BCUT2D eigenvalue weighted by molar-refractivity contribution is 0.502. The molecule has 13 heavy (non-hydrogen) atoms. The van der Waals surface area contributed by atoms with Crippen molar-refractivity contribution in [1.29, 1.82) is 0 Å². The number of hydrogen-bond donors (Lipinski definition) is 2. The normalized spacial score (nSPS) is 24.2. The zero-order valence-corrected chi connectivity index (χ0v) is 7.92. The van der Waals surface area contributed by atoms with Crippen molar-refractivity contribution in [3.05, 3.63) is 18.0 Å². The van der Waals surface area contributed by atoms with E-state index in [1.165, 1.54) is 37.9 Å². The molecule has 2 N–H and O–H groups in total. The monoisotopic (exact) mass is 179 g/mol. The van der Waals surface area contributed by atoms with Crippen LogP contribution in [0.3, 0.4) is 0 Å². The number of nitrogens with one attached hydrogen (secondary N) is 2. The number of H-pyrrole nitrogens is 1. The van der Waals surface area contributed by atoms with Crippen LogP contribution in [0.1, 0.15) is 31.4 Å². The lowest BCUT2D eigenvalue weighted by atomic mass is 10.1. The van der Waals surface area contributed by atoms with E-state index in [0.29, 0.717) is 6.04 Å². The molecule has 3 nitrogen and oxygen atoms in total.